The van der Waals surface area contributed by atoms with E-state index in [1.165, 1.54) is 0 Å². The Labute approximate surface area is 225 Å². The van der Waals surface area contributed by atoms with E-state index < -0.39 is 11.1 Å². The van der Waals surface area contributed by atoms with E-state index in [1.54, 1.807) is 20.8 Å². The smallest absolute Gasteiger partial charge is 0.306 e. The van der Waals surface area contributed by atoms with Crippen LogP contribution < -0.4 is 15.5 Å². The molecule has 2 aliphatic heterocycles. The van der Waals surface area contributed by atoms with E-state index in [0.29, 0.717) is 19.6 Å². The first-order valence-corrected chi connectivity index (χ1v) is 13.5. The van der Waals surface area contributed by atoms with E-state index in [9.17, 15) is 14.4 Å². The number of nitrogens with zero attached hydrogens (tertiary/aromatic N) is 2. The van der Waals surface area contributed by atoms with Crippen molar-refractivity contribution in [3.05, 3.63) is 28.8 Å². The minimum atomic E-state index is -1.09. The van der Waals surface area contributed by atoms with Gasteiger partial charge in [-0.05, 0) is 70.7 Å². The first kappa shape index (κ1) is 29.2. The third-order valence-electron chi connectivity index (χ3n) is 6.95. The van der Waals surface area contributed by atoms with Crippen molar-refractivity contribution >= 4 is 35.1 Å². The molecule has 0 aromatic heterocycles. The molecule has 2 fully saturated rings. The highest BCUT2D eigenvalue weighted by atomic mass is 35.5. The number of rotatable bonds is 8. The predicted molar refractivity (Wildman–Crippen MR) is 143 cm³/mol. The Kier molecular flexibility index (Phi) is 9.83. The minimum Gasteiger partial charge on any atom is -0.460 e. The number of esters is 1. The van der Waals surface area contributed by atoms with Crippen LogP contribution in [0.2, 0.25) is 5.02 Å². The second-order valence-corrected chi connectivity index (χ2v) is 11.3. The van der Waals surface area contributed by atoms with Gasteiger partial charge in [-0.3, -0.25) is 19.7 Å². The molecule has 0 radical (unpaired) electrons. The van der Waals surface area contributed by atoms with Gasteiger partial charge in [-0.1, -0.05) is 18.5 Å². The minimum absolute atomic E-state index is 0.00624. The maximum atomic E-state index is 13.2. The summed E-state index contributed by atoms with van der Waals surface area (Å²) in [5, 5.41) is 6.65. The lowest BCUT2D eigenvalue weighted by Crippen LogP contribution is -2.57. The predicted octanol–water partition coefficient (Wildman–Crippen LogP) is 3.23. The summed E-state index contributed by atoms with van der Waals surface area (Å²) in [5.74, 6) is -0.654. The SMILES string of the molecule is CCc1cc(N2CCN(C(=O)CCC3(CCC(=O)OC(C)(C)C)NCOCNC3=O)C[C@@H]2C)ccc1Cl. The van der Waals surface area contributed by atoms with Crippen molar-refractivity contribution in [2.75, 3.05) is 38.0 Å². The molecule has 3 rings (SSSR count). The first-order valence-electron chi connectivity index (χ1n) is 13.1. The number of hydrogen-bond donors (Lipinski definition) is 2. The van der Waals surface area contributed by atoms with Crippen molar-refractivity contribution in [3.63, 3.8) is 0 Å². The summed E-state index contributed by atoms with van der Waals surface area (Å²) in [6.07, 6.45) is 1.58. The second kappa shape index (κ2) is 12.5. The Bertz CT molecular complexity index is 982. The molecule has 206 valence electrons. The summed E-state index contributed by atoms with van der Waals surface area (Å²) in [4.78, 5) is 42.8. The lowest BCUT2D eigenvalue weighted by molar-refractivity contribution is -0.155. The Morgan fingerprint density at radius 3 is 2.59 bits per heavy atom. The fraction of sp³-hybridized carbons (Fsp3) is 0.667. The van der Waals surface area contributed by atoms with Crippen molar-refractivity contribution in [1.82, 2.24) is 15.5 Å². The van der Waals surface area contributed by atoms with Gasteiger partial charge in [-0.25, -0.2) is 0 Å². The molecule has 1 aromatic carbocycles. The average molecular weight is 537 g/mol. The fourth-order valence-electron chi connectivity index (χ4n) is 4.90. The lowest BCUT2D eigenvalue weighted by atomic mass is 9.86. The molecule has 0 spiro atoms. The number of carbonyl (C=O) groups excluding carboxylic acids is 3. The second-order valence-electron chi connectivity index (χ2n) is 10.9. The highest BCUT2D eigenvalue weighted by molar-refractivity contribution is 6.31. The third kappa shape index (κ3) is 7.82. The summed E-state index contributed by atoms with van der Waals surface area (Å²) >= 11 is 6.30. The van der Waals surface area contributed by atoms with E-state index in [-0.39, 0.29) is 63.0 Å². The molecule has 1 aromatic rings. The number of hydrogen-bond acceptors (Lipinski definition) is 7. The molecule has 0 aliphatic carbocycles. The molecule has 1 unspecified atom stereocenters. The summed E-state index contributed by atoms with van der Waals surface area (Å²) in [7, 11) is 0. The number of benzene rings is 1. The van der Waals surface area contributed by atoms with Gasteiger partial charge in [0, 0.05) is 49.2 Å². The van der Waals surface area contributed by atoms with Crippen LogP contribution in [0, 0.1) is 0 Å². The number of halogens is 1. The van der Waals surface area contributed by atoms with E-state index >= 15 is 0 Å². The quantitative estimate of drug-likeness (QED) is 0.492. The molecule has 2 N–H and O–H groups in total. The molecule has 9 nitrogen and oxygen atoms in total. The van der Waals surface area contributed by atoms with Gasteiger partial charge in [0.1, 0.15) is 17.9 Å². The fourth-order valence-corrected chi connectivity index (χ4v) is 5.15. The number of aryl methyl sites for hydroxylation is 1. The Morgan fingerprint density at radius 1 is 1.19 bits per heavy atom. The van der Waals surface area contributed by atoms with Crippen molar-refractivity contribution in [1.29, 1.82) is 0 Å². The third-order valence-corrected chi connectivity index (χ3v) is 7.31. The topological polar surface area (TPSA) is 100 Å². The van der Waals surface area contributed by atoms with Gasteiger partial charge in [0.05, 0.1) is 6.73 Å². The van der Waals surface area contributed by atoms with Gasteiger partial charge < -0.3 is 24.6 Å². The molecule has 2 atom stereocenters. The summed E-state index contributed by atoms with van der Waals surface area (Å²) in [5.41, 5.74) is 0.530. The maximum absolute atomic E-state index is 13.2. The number of anilines is 1. The number of ether oxygens (including phenoxy) is 2. The van der Waals surface area contributed by atoms with Gasteiger partial charge in [-0.15, -0.1) is 0 Å². The van der Waals surface area contributed by atoms with Crippen LogP contribution in [0.5, 0.6) is 0 Å². The Hall–Kier alpha value is -2.36. The standard InChI is InChI=1S/C27H41ClN4O5/c1-6-20-15-21(7-8-22(20)28)32-14-13-31(16-19(32)2)23(33)9-11-27(25(35)29-17-36-18-30-27)12-10-24(34)37-26(3,4)5/h7-8,15,19,30H,6,9-14,16-18H2,1-5H3,(H,29,35)/t19-,27?/m0/s1. The maximum Gasteiger partial charge on any atom is 0.306 e. The van der Waals surface area contributed by atoms with Crippen LogP contribution in [-0.4, -0.2) is 73.0 Å². The van der Waals surface area contributed by atoms with E-state index in [1.807, 2.05) is 17.0 Å². The highest BCUT2D eigenvalue weighted by Crippen LogP contribution is 2.28. The molecule has 0 saturated carbocycles. The monoisotopic (exact) mass is 536 g/mol. The number of nitrogens with one attached hydrogen (secondary N) is 2. The molecular weight excluding hydrogens is 496 g/mol. The Balaban J connectivity index is 1.62. The van der Waals surface area contributed by atoms with E-state index in [0.717, 1.165) is 22.7 Å². The zero-order valence-electron chi connectivity index (χ0n) is 22.7. The van der Waals surface area contributed by atoms with Crippen molar-refractivity contribution in [2.24, 2.45) is 0 Å². The average Bonchev–Trinajstić information content (AvgIpc) is 3.02. The van der Waals surface area contributed by atoms with Crippen LogP contribution in [0.15, 0.2) is 18.2 Å². The first-order chi connectivity index (χ1) is 17.4. The number of amides is 2. The molecule has 2 heterocycles. The van der Waals surface area contributed by atoms with Crippen LogP contribution in [0.3, 0.4) is 0 Å². The van der Waals surface area contributed by atoms with Crippen LogP contribution in [0.25, 0.3) is 0 Å². The Morgan fingerprint density at radius 2 is 1.92 bits per heavy atom. The van der Waals surface area contributed by atoms with Crippen molar-refractivity contribution in [2.45, 2.75) is 83.9 Å². The normalized spacial score (nSPS) is 22.9. The molecule has 37 heavy (non-hydrogen) atoms. The lowest BCUT2D eigenvalue weighted by Gasteiger charge is -2.42. The summed E-state index contributed by atoms with van der Waals surface area (Å²) in [6, 6.07) is 6.23. The largest absolute Gasteiger partial charge is 0.460 e. The highest BCUT2D eigenvalue weighted by Gasteiger charge is 2.41. The van der Waals surface area contributed by atoms with E-state index in [2.05, 4.69) is 35.4 Å². The number of carbonyl (C=O) groups is 3. The van der Waals surface area contributed by atoms with Crippen LogP contribution in [0.4, 0.5) is 5.69 Å². The summed E-state index contributed by atoms with van der Waals surface area (Å²) < 4.78 is 10.8. The molecule has 2 amide bonds. The molecule has 2 saturated heterocycles. The van der Waals surface area contributed by atoms with Crippen molar-refractivity contribution in [3.8, 4) is 0 Å². The molecule has 2 aliphatic rings. The summed E-state index contributed by atoms with van der Waals surface area (Å²) in [6.45, 7) is 11.8. The van der Waals surface area contributed by atoms with Gasteiger partial charge in [-0.2, -0.15) is 0 Å². The molecule has 0 bridgehead atoms. The molecular formula is C27H41ClN4O5. The zero-order chi connectivity index (χ0) is 27.2. The van der Waals surface area contributed by atoms with E-state index in [4.69, 9.17) is 21.1 Å². The van der Waals surface area contributed by atoms with Gasteiger partial charge in [0.2, 0.25) is 11.8 Å². The molecule has 10 heteroatoms. The number of piperazine rings is 1. The van der Waals surface area contributed by atoms with Crippen molar-refractivity contribution < 1.29 is 23.9 Å². The van der Waals surface area contributed by atoms with Crippen LogP contribution in [0.1, 0.15) is 65.9 Å². The zero-order valence-corrected chi connectivity index (χ0v) is 23.5. The van der Waals surface area contributed by atoms with Gasteiger partial charge in [0.25, 0.3) is 0 Å². The van der Waals surface area contributed by atoms with Crippen LogP contribution in [-0.2, 0) is 30.3 Å². The van der Waals surface area contributed by atoms with Crippen LogP contribution >= 0.6 is 11.6 Å². The van der Waals surface area contributed by atoms with Gasteiger partial charge >= 0.3 is 5.97 Å². The van der Waals surface area contributed by atoms with Gasteiger partial charge in [0.15, 0.2) is 0 Å².